The van der Waals surface area contributed by atoms with Crippen LogP contribution in [0.2, 0.25) is 0 Å². The molecule has 2 heterocycles. The molecular weight excluding hydrogens is 501 g/mol. The van der Waals surface area contributed by atoms with Gasteiger partial charge in [-0.25, -0.2) is 9.07 Å². The zero-order valence-electron chi connectivity index (χ0n) is 21.1. The van der Waals surface area contributed by atoms with Gasteiger partial charge in [0, 0.05) is 17.1 Å². The van der Waals surface area contributed by atoms with Crippen LogP contribution in [-0.2, 0) is 10.5 Å². The number of hydrogen-bond donors (Lipinski definition) is 2. The van der Waals surface area contributed by atoms with Gasteiger partial charge in [0.05, 0.1) is 12.2 Å². The Hall–Kier alpha value is -4.11. The lowest BCUT2D eigenvalue weighted by Crippen LogP contribution is -2.31. The van der Waals surface area contributed by atoms with E-state index in [1.807, 2.05) is 61.5 Å². The van der Waals surface area contributed by atoms with Crippen molar-refractivity contribution in [2.45, 2.75) is 37.2 Å². The topological polar surface area (TPSA) is 81.1 Å². The van der Waals surface area contributed by atoms with Gasteiger partial charge in [-0.1, -0.05) is 67.2 Å². The van der Waals surface area contributed by atoms with Crippen molar-refractivity contribution < 1.29 is 13.9 Å². The van der Waals surface area contributed by atoms with E-state index in [2.05, 4.69) is 22.5 Å². The van der Waals surface area contributed by atoms with Crippen molar-refractivity contribution in [2.24, 2.45) is 0 Å². The maximum atomic E-state index is 14.2. The number of thioether (sulfide) groups is 1. The Morgan fingerprint density at radius 1 is 1.08 bits per heavy atom. The van der Waals surface area contributed by atoms with E-state index in [-0.39, 0.29) is 11.7 Å². The highest BCUT2D eigenvalue weighted by Gasteiger charge is 2.34. The summed E-state index contributed by atoms with van der Waals surface area (Å²) in [6, 6.07) is 23.2. The number of anilines is 2. The van der Waals surface area contributed by atoms with Gasteiger partial charge < -0.3 is 15.4 Å². The summed E-state index contributed by atoms with van der Waals surface area (Å²) in [6.07, 6.45) is 0.914. The van der Waals surface area contributed by atoms with Crippen LogP contribution in [0.3, 0.4) is 0 Å². The molecule has 1 atom stereocenters. The van der Waals surface area contributed by atoms with E-state index in [9.17, 15) is 9.18 Å². The zero-order chi connectivity index (χ0) is 26.5. The molecule has 38 heavy (non-hydrogen) atoms. The van der Waals surface area contributed by atoms with Crippen molar-refractivity contribution in [3.63, 3.8) is 0 Å². The summed E-state index contributed by atoms with van der Waals surface area (Å²) < 4.78 is 21.6. The van der Waals surface area contributed by atoms with Crippen LogP contribution >= 0.6 is 11.8 Å². The molecule has 1 unspecified atom stereocenters. The van der Waals surface area contributed by atoms with E-state index in [1.165, 1.54) is 17.8 Å². The number of ether oxygens (including phenoxy) is 1. The molecule has 0 fully saturated rings. The second kappa shape index (κ2) is 11.5. The normalized spacial score (nSPS) is 14.6. The van der Waals surface area contributed by atoms with Crippen LogP contribution in [0.15, 0.2) is 95.3 Å². The molecule has 0 bridgehead atoms. The molecule has 194 valence electrons. The number of fused-ring (bicyclic) bond motifs is 1. The summed E-state index contributed by atoms with van der Waals surface area (Å²) in [4.78, 5) is 18.2. The largest absolute Gasteiger partial charge is 0.494 e. The second-order valence-corrected chi connectivity index (χ2v) is 9.79. The number of hydrogen-bond acceptors (Lipinski definition) is 6. The molecule has 1 aromatic heterocycles. The fourth-order valence-corrected chi connectivity index (χ4v) is 5.05. The molecule has 0 saturated heterocycles. The van der Waals surface area contributed by atoms with Crippen LogP contribution in [0.4, 0.5) is 16.0 Å². The van der Waals surface area contributed by atoms with Crippen LogP contribution < -0.4 is 15.4 Å². The van der Waals surface area contributed by atoms with Crippen molar-refractivity contribution in [2.75, 3.05) is 17.2 Å². The number of allylic oxidation sites excluding steroid dienone is 1. The SMILES string of the molecule is CCCOc1ccc(C2C(C(=O)Nc3ccccc3)=C(C)Nc3nc(SCc4ccccc4F)nn32)cc1. The van der Waals surface area contributed by atoms with Gasteiger partial charge in [0.25, 0.3) is 5.91 Å². The van der Waals surface area contributed by atoms with E-state index in [0.717, 1.165) is 17.7 Å². The number of amides is 1. The van der Waals surface area contributed by atoms with Gasteiger partial charge >= 0.3 is 0 Å². The summed E-state index contributed by atoms with van der Waals surface area (Å²) in [7, 11) is 0. The number of aromatic nitrogens is 3. The predicted molar refractivity (Wildman–Crippen MR) is 148 cm³/mol. The molecule has 9 heteroatoms. The Labute approximate surface area is 225 Å². The van der Waals surface area contributed by atoms with Crippen molar-refractivity contribution in [3.05, 3.63) is 107 Å². The molecule has 0 saturated carbocycles. The minimum atomic E-state index is -0.523. The predicted octanol–water partition coefficient (Wildman–Crippen LogP) is 6.43. The summed E-state index contributed by atoms with van der Waals surface area (Å²) in [6.45, 7) is 4.55. The van der Waals surface area contributed by atoms with Crippen molar-refractivity contribution >= 4 is 29.3 Å². The number of nitrogens with zero attached hydrogens (tertiary/aromatic N) is 3. The van der Waals surface area contributed by atoms with Gasteiger partial charge in [-0.15, -0.1) is 5.10 Å². The Morgan fingerprint density at radius 3 is 2.55 bits per heavy atom. The number of rotatable bonds is 9. The van der Waals surface area contributed by atoms with Crippen molar-refractivity contribution in [1.29, 1.82) is 0 Å². The molecule has 2 N–H and O–H groups in total. The summed E-state index contributed by atoms with van der Waals surface area (Å²) in [5, 5.41) is 11.5. The fourth-order valence-electron chi connectivity index (χ4n) is 4.24. The first kappa shape index (κ1) is 25.5. The van der Waals surface area contributed by atoms with E-state index in [4.69, 9.17) is 9.84 Å². The highest BCUT2D eigenvalue weighted by molar-refractivity contribution is 7.98. The quantitative estimate of drug-likeness (QED) is 0.243. The zero-order valence-corrected chi connectivity index (χ0v) is 22.0. The maximum absolute atomic E-state index is 14.2. The number of carbonyl (C=O) groups excluding carboxylic acids is 1. The van der Waals surface area contributed by atoms with E-state index >= 15 is 0 Å². The third-order valence-electron chi connectivity index (χ3n) is 6.09. The highest BCUT2D eigenvalue weighted by atomic mass is 32.2. The lowest BCUT2D eigenvalue weighted by Gasteiger charge is -2.28. The molecule has 1 aliphatic rings. The average molecular weight is 530 g/mol. The Balaban J connectivity index is 1.48. The summed E-state index contributed by atoms with van der Waals surface area (Å²) in [5.41, 5.74) is 3.35. The van der Waals surface area contributed by atoms with E-state index in [0.29, 0.717) is 46.0 Å². The molecule has 0 aliphatic carbocycles. The minimum Gasteiger partial charge on any atom is -0.494 e. The molecule has 1 amide bonds. The summed E-state index contributed by atoms with van der Waals surface area (Å²) >= 11 is 1.34. The van der Waals surface area contributed by atoms with Crippen LogP contribution in [0.25, 0.3) is 0 Å². The van der Waals surface area contributed by atoms with E-state index in [1.54, 1.807) is 22.9 Å². The van der Waals surface area contributed by atoms with Crippen LogP contribution in [0.5, 0.6) is 5.75 Å². The van der Waals surface area contributed by atoms with Gasteiger partial charge in [0.2, 0.25) is 11.1 Å². The molecule has 7 nitrogen and oxygen atoms in total. The third-order valence-corrected chi connectivity index (χ3v) is 6.98. The van der Waals surface area contributed by atoms with E-state index < -0.39 is 6.04 Å². The maximum Gasteiger partial charge on any atom is 0.255 e. The minimum absolute atomic E-state index is 0.237. The van der Waals surface area contributed by atoms with Crippen molar-refractivity contribution in [3.8, 4) is 5.75 Å². The lowest BCUT2D eigenvalue weighted by molar-refractivity contribution is -0.113. The Morgan fingerprint density at radius 2 is 1.82 bits per heavy atom. The molecule has 4 aromatic rings. The van der Waals surface area contributed by atoms with Crippen LogP contribution in [0, 0.1) is 5.82 Å². The van der Waals surface area contributed by atoms with Gasteiger partial charge in [0.15, 0.2) is 0 Å². The van der Waals surface area contributed by atoms with Gasteiger partial charge in [-0.3, -0.25) is 4.79 Å². The first-order valence-corrected chi connectivity index (χ1v) is 13.4. The van der Waals surface area contributed by atoms with Crippen molar-refractivity contribution in [1.82, 2.24) is 14.8 Å². The average Bonchev–Trinajstić information content (AvgIpc) is 3.34. The lowest BCUT2D eigenvalue weighted by atomic mass is 9.95. The molecule has 0 spiro atoms. The summed E-state index contributed by atoms with van der Waals surface area (Å²) in [5.74, 6) is 1.17. The first-order chi connectivity index (χ1) is 18.5. The number of para-hydroxylation sites is 1. The van der Waals surface area contributed by atoms with Crippen LogP contribution in [-0.4, -0.2) is 27.3 Å². The fraction of sp³-hybridized carbons (Fsp3) is 0.207. The number of benzene rings is 3. The van der Waals surface area contributed by atoms with Gasteiger partial charge in [-0.05, 0) is 54.8 Å². The molecule has 1 aliphatic heterocycles. The molecule has 0 radical (unpaired) electrons. The second-order valence-electron chi connectivity index (χ2n) is 8.85. The molecule has 5 rings (SSSR count). The number of halogens is 1. The van der Waals surface area contributed by atoms with Gasteiger partial charge in [-0.2, -0.15) is 4.98 Å². The smallest absolute Gasteiger partial charge is 0.255 e. The molecule has 3 aromatic carbocycles. The molecular formula is C29H28FN5O2S. The first-order valence-electron chi connectivity index (χ1n) is 12.4. The van der Waals surface area contributed by atoms with Crippen LogP contribution in [0.1, 0.15) is 37.4 Å². The van der Waals surface area contributed by atoms with Gasteiger partial charge in [0.1, 0.15) is 17.6 Å². The highest BCUT2D eigenvalue weighted by Crippen LogP contribution is 2.37. The number of nitrogens with one attached hydrogen (secondary N) is 2. The monoisotopic (exact) mass is 529 g/mol. The number of carbonyl (C=O) groups is 1. The standard InChI is InChI=1S/C29H28FN5O2S/c1-3-17-37-23-15-13-20(14-16-23)26-25(27(36)32-22-10-5-4-6-11-22)19(2)31-28-33-29(34-35(26)28)38-18-21-9-7-8-12-24(21)30/h4-16,26H,3,17-18H2,1-2H3,(H,32,36)(H,31,33,34). The third kappa shape index (κ3) is 5.57. The Bertz CT molecular complexity index is 1450. The Kier molecular flexibility index (Phi) is 7.74.